The van der Waals surface area contributed by atoms with Crippen LogP contribution in [0.15, 0.2) is 0 Å². The minimum atomic E-state index is -1.54. The molecule has 0 aromatic heterocycles. The first-order chi connectivity index (χ1) is 5.52. The molecule has 0 aliphatic rings. The Morgan fingerprint density at radius 3 is 1.93 bits per heavy atom. The molecule has 0 N–H and O–H groups in total. The molecule has 0 radical (unpaired) electrons. The maximum Gasteiger partial charge on any atom is 1.00 e. The van der Waals surface area contributed by atoms with Crippen LogP contribution in [-0.4, -0.2) is 29.6 Å². The number of carbonyl (C=O) groups is 3. The summed E-state index contributed by atoms with van der Waals surface area (Å²) in [7, 11) is 0. The Balaban J connectivity index is -0.000000605. The fourth-order valence-electron chi connectivity index (χ4n) is 0.277. The van der Waals surface area contributed by atoms with Gasteiger partial charge in [0.15, 0.2) is 0 Å². The van der Waals surface area contributed by atoms with E-state index < -0.39 is 29.6 Å². The molecule has 0 saturated heterocycles. The summed E-state index contributed by atoms with van der Waals surface area (Å²) >= 11 is 0.312. The Morgan fingerprint density at radius 2 is 1.57 bits per heavy atom. The smallest absolute Gasteiger partial charge is 0.549 e. The zero-order chi connectivity index (χ0) is 9.56. The average Bonchev–Trinajstić information content (AvgIpc) is 1.96. The van der Waals surface area contributed by atoms with Gasteiger partial charge in [0.2, 0.25) is 0 Å². The second-order valence-electron chi connectivity index (χ2n) is 1.57. The molecule has 68 valence electrons. The van der Waals surface area contributed by atoms with E-state index in [1.807, 2.05) is 0 Å². The van der Waals surface area contributed by atoms with Gasteiger partial charge < -0.3 is 24.5 Å². The standard InChI is InChI=1S/C5H6O6S.2Li/c6-3(7)1-11-5(10)12-2-4(8)9;;/h1-2H2,(H,6,7)(H,8,9);;/q;2*+1/p-2. The third-order valence-electron chi connectivity index (χ3n) is 0.616. The number of hydrogen-bond acceptors (Lipinski definition) is 7. The van der Waals surface area contributed by atoms with Crippen LogP contribution in [0.1, 0.15) is 0 Å². The van der Waals surface area contributed by atoms with E-state index in [4.69, 9.17) is 0 Å². The van der Waals surface area contributed by atoms with Crippen LogP contribution in [0.25, 0.3) is 0 Å². The van der Waals surface area contributed by atoms with Gasteiger partial charge in [-0.1, -0.05) is 0 Å². The number of carboxylic acid groups (broad SMARTS) is 2. The van der Waals surface area contributed by atoms with Gasteiger partial charge in [0.1, 0.15) is 6.61 Å². The molecular formula is C5H4Li2O6S. The van der Waals surface area contributed by atoms with Crippen molar-refractivity contribution >= 4 is 29.0 Å². The molecule has 0 spiro atoms. The first-order valence-electron chi connectivity index (χ1n) is 2.71. The van der Waals surface area contributed by atoms with E-state index in [0.717, 1.165) is 0 Å². The topological polar surface area (TPSA) is 107 Å². The third kappa shape index (κ3) is 14.5. The van der Waals surface area contributed by atoms with Crippen molar-refractivity contribution in [3.63, 3.8) is 0 Å². The summed E-state index contributed by atoms with van der Waals surface area (Å²) in [5.41, 5.74) is 0. The molecule has 0 fully saturated rings. The predicted molar refractivity (Wildman–Crippen MR) is 33.8 cm³/mol. The summed E-state index contributed by atoms with van der Waals surface area (Å²) in [5, 5.41) is 18.5. The van der Waals surface area contributed by atoms with Crippen LogP contribution < -0.4 is 47.9 Å². The van der Waals surface area contributed by atoms with Crippen molar-refractivity contribution in [3.8, 4) is 0 Å². The van der Waals surface area contributed by atoms with Gasteiger partial charge in [0, 0.05) is 5.75 Å². The van der Waals surface area contributed by atoms with Crippen LogP contribution in [0.5, 0.6) is 0 Å². The molecule has 0 unspecified atom stereocenters. The van der Waals surface area contributed by atoms with Gasteiger partial charge in [0.25, 0.3) is 0 Å². The molecule has 0 rings (SSSR count). The number of carboxylic acids is 2. The zero-order valence-corrected chi connectivity index (χ0v) is 8.59. The zero-order valence-electron chi connectivity index (χ0n) is 7.77. The molecular weight excluding hydrogens is 202 g/mol. The summed E-state index contributed by atoms with van der Waals surface area (Å²) in [6.07, 6.45) is 0. The Labute approximate surface area is 108 Å². The molecule has 6 nitrogen and oxygen atoms in total. The molecule has 0 atom stereocenters. The van der Waals surface area contributed by atoms with Crippen molar-refractivity contribution < 1.29 is 67.1 Å². The van der Waals surface area contributed by atoms with Crippen molar-refractivity contribution in [1.29, 1.82) is 0 Å². The largest absolute Gasteiger partial charge is 1.00 e. The van der Waals surface area contributed by atoms with Gasteiger partial charge in [-0.3, -0.25) is 0 Å². The van der Waals surface area contributed by atoms with Crippen molar-refractivity contribution in [2.45, 2.75) is 0 Å². The van der Waals surface area contributed by atoms with E-state index in [0.29, 0.717) is 11.8 Å². The first kappa shape index (κ1) is 19.5. The Kier molecular flexibility index (Phi) is 15.4. The van der Waals surface area contributed by atoms with Crippen LogP contribution in [0.2, 0.25) is 0 Å². The molecule has 0 aliphatic heterocycles. The van der Waals surface area contributed by atoms with Crippen LogP contribution in [0.4, 0.5) is 4.79 Å². The van der Waals surface area contributed by atoms with E-state index >= 15 is 0 Å². The number of ether oxygens (including phenoxy) is 1. The van der Waals surface area contributed by atoms with Crippen molar-refractivity contribution in [3.05, 3.63) is 0 Å². The predicted octanol–water partition coefficient (Wildman–Crippen LogP) is -8.64. The van der Waals surface area contributed by atoms with Gasteiger partial charge in [-0.25, -0.2) is 4.79 Å². The summed E-state index contributed by atoms with van der Waals surface area (Å²) < 4.78 is 4.02. The normalized spacial score (nSPS) is 7.71. The van der Waals surface area contributed by atoms with E-state index in [1.165, 1.54) is 0 Å². The Morgan fingerprint density at radius 1 is 1.07 bits per heavy atom. The molecule has 0 amide bonds. The van der Waals surface area contributed by atoms with E-state index in [9.17, 15) is 24.6 Å². The van der Waals surface area contributed by atoms with Crippen LogP contribution >= 0.6 is 11.8 Å². The second kappa shape index (κ2) is 11.0. The minimum Gasteiger partial charge on any atom is -0.549 e. The molecule has 0 aromatic rings. The number of carbonyl (C=O) groups excluding carboxylic acids is 3. The maximum atomic E-state index is 10.4. The summed E-state index contributed by atoms with van der Waals surface area (Å²) in [4.78, 5) is 29.9. The second-order valence-corrected chi connectivity index (χ2v) is 2.48. The average molecular weight is 206 g/mol. The fraction of sp³-hybridized carbons (Fsp3) is 0.400. The van der Waals surface area contributed by atoms with E-state index in [-0.39, 0.29) is 37.7 Å². The van der Waals surface area contributed by atoms with Gasteiger partial charge in [-0.15, -0.1) is 0 Å². The Bertz CT molecular complexity index is 188. The Hall–Kier alpha value is -0.0452. The van der Waals surface area contributed by atoms with Gasteiger partial charge in [0.05, 0.1) is 11.9 Å². The molecule has 14 heavy (non-hydrogen) atoms. The van der Waals surface area contributed by atoms with Crippen LogP contribution in [-0.2, 0) is 14.3 Å². The monoisotopic (exact) mass is 206 g/mol. The van der Waals surface area contributed by atoms with Gasteiger partial charge in [-0.05, 0) is 11.8 Å². The molecule has 0 saturated carbocycles. The van der Waals surface area contributed by atoms with E-state index in [2.05, 4.69) is 4.74 Å². The molecule has 0 bridgehead atoms. The number of rotatable bonds is 4. The fourth-order valence-corrected chi connectivity index (χ4v) is 0.655. The summed E-state index contributed by atoms with van der Waals surface area (Å²) in [6.45, 7) is -0.876. The van der Waals surface area contributed by atoms with Gasteiger partial charge in [-0.2, -0.15) is 0 Å². The minimum absolute atomic E-state index is 0. The number of aliphatic carboxylic acids is 2. The first-order valence-corrected chi connectivity index (χ1v) is 3.70. The summed E-state index contributed by atoms with van der Waals surface area (Å²) in [6, 6.07) is 0. The summed E-state index contributed by atoms with van der Waals surface area (Å²) in [5.74, 6) is -3.53. The third-order valence-corrected chi connectivity index (χ3v) is 1.35. The van der Waals surface area contributed by atoms with Crippen LogP contribution in [0.3, 0.4) is 0 Å². The molecule has 0 aromatic carbocycles. The van der Waals surface area contributed by atoms with Crippen molar-refractivity contribution in [2.75, 3.05) is 12.4 Å². The molecule has 9 heteroatoms. The van der Waals surface area contributed by atoms with Crippen molar-refractivity contribution in [2.24, 2.45) is 0 Å². The SMILES string of the molecule is O=C([O-])COC(=O)SCC(=O)[O-].[Li+].[Li+]. The number of thioether (sulfide) groups is 1. The molecule has 0 heterocycles. The van der Waals surface area contributed by atoms with Crippen LogP contribution in [0, 0.1) is 0 Å². The molecule has 0 aliphatic carbocycles. The van der Waals surface area contributed by atoms with Crippen molar-refractivity contribution in [1.82, 2.24) is 0 Å². The maximum absolute atomic E-state index is 10.4. The number of hydrogen-bond donors (Lipinski definition) is 0. The van der Waals surface area contributed by atoms with E-state index in [1.54, 1.807) is 0 Å². The van der Waals surface area contributed by atoms with Gasteiger partial charge >= 0.3 is 43.0 Å². The quantitative estimate of drug-likeness (QED) is 0.332.